The quantitative estimate of drug-likeness (QED) is 0.699. The predicted octanol–water partition coefficient (Wildman–Crippen LogP) is 4.89. The Kier molecular flexibility index (Phi) is 8.12. The number of carbonyl (C=O) groups is 1. The summed E-state index contributed by atoms with van der Waals surface area (Å²) in [7, 11) is 0. The maximum absolute atomic E-state index is 12.3. The molecule has 0 spiro atoms. The van der Waals surface area contributed by atoms with Crippen molar-refractivity contribution < 1.29 is 18.0 Å². The Hall–Kier alpha value is -1.32. The first-order valence-corrected chi connectivity index (χ1v) is 6.53. The maximum atomic E-state index is 12.3. The summed E-state index contributed by atoms with van der Waals surface area (Å²) in [4.78, 5) is 10.2. The van der Waals surface area contributed by atoms with Gasteiger partial charge in [0.05, 0.1) is 5.56 Å². The van der Waals surface area contributed by atoms with Gasteiger partial charge in [0, 0.05) is 6.42 Å². The molecule has 0 aromatic heterocycles. The van der Waals surface area contributed by atoms with Crippen molar-refractivity contribution in [1.82, 2.24) is 0 Å². The van der Waals surface area contributed by atoms with Crippen LogP contribution >= 0.6 is 0 Å². The summed E-state index contributed by atoms with van der Waals surface area (Å²) in [5.41, 5.74) is 0.248. The van der Waals surface area contributed by atoms with Crippen LogP contribution in [0.15, 0.2) is 24.3 Å². The van der Waals surface area contributed by atoms with Crippen molar-refractivity contribution in [2.45, 2.75) is 46.2 Å². The zero-order valence-electron chi connectivity index (χ0n) is 11.6. The Morgan fingerprint density at radius 1 is 1.16 bits per heavy atom. The number of halogens is 3. The molecule has 4 heteroatoms. The Morgan fingerprint density at radius 3 is 2.11 bits per heavy atom. The van der Waals surface area contributed by atoms with E-state index in [9.17, 15) is 18.0 Å². The van der Waals surface area contributed by atoms with E-state index in [2.05, 4.69) is 0 Å². The minimum Gasteiger partial charge on any atom is -0.303 e. The molecule has 0 aliphatic carbocycles. The molecule has 1 unspecified atom stereocenters. The van der Waals surface area contributed by atoms with Gasteiger partial charge in [-0.2, -0.15) is 13.2 Å². The highest BCUT2D eigenvalue weighted by Crippen LogP contribution is 2.29. The van der Waals surface area contributed by atoms with E-state index in [1.165, 1.54) is 12.1 Å². The molecule has 0 aliphatic heterocycles. The molecule has 0 bridgehead atoms. The first-order chi connectivity index (χ1) is 8.93. The fourth-order valence-corrected chi connectivity index (χ4v) is 1.69. The third kappa shape index (κ3) is 6.99. The number of rotatable bonds is 5. The molecule has 1 aromatic rings. The molecule has 0 fully saturated rings. The van der Waals surface area contributed by atoms with Crippen LogP contribution in [0.4, 0.5) is 13.2 Å². The fourth-order valence-electron chi connectivity index (χ4n) is 1.69. The van der Waals surface area contributed by atoms with Crippen LogP contribution in [-0.4, -0.2) is 6.29 Å². The second-order valence-corrected chi connectivity index (χ2v) is 4.25. The van der Waals surface area contributed by atoms with Crippen molar-refractivity contribution in [3.8, 4) is 0 Å². The summed E-state index contributed by atoms with van der Waals surface area (Å²) in [5, 5.41) is 0. The van der Waals surface area contributed by atoms with Gasteiger partial charge < -0.3 is 4.79 Å². The number of hydrogen-bond acceptors (Lipinski definition) is 1. The Morgan fingerprint density at radius 2 is 1.68 bits per heavy atom. The standard InChI is InChI=1S/C13H15F3O.C2H6/c1-10(3-2-8-17)9-11-4-6-12(7-5-11)13(14,15)16;1-2/h4-8,10H,2-3,9H2,1H3;1-2H3. The second kappa shape index (κ2) is 8.73. The largest absolute Gasteiger partial charge is 0.416 e. The van der Waals surface area contributed by atoms with E-state index in [1.54, 1.807) is 0 Å². The summed E-state index contributed by atoms with van der Waals surface area (Å²) >= 11 is 0. The number of benzene rings is 1. The molecule has 0 heterocycles. The molecular weight excluding hydrogens is 253 g/mol. The van der Waals surface area contributed by atoms with Gasteiger partial charge in [0.15, 0.2) is 0 Å². The Bertz CT molecular complexity index is 355. The van der Waals surface area contributed by atoms with E-state index in [1.807, 2.05) is 20.8 Å². The van der Waals surface area contributed by atoms with Crippen molar-refractivity contribution in [3.63, 3.8) is 0 Å². The SMILES string of the molecule is CC.CC(CCC=O)Cc1ccc(C(F)(F)F)cc1. The number of aldehydes is 1. The highest BCUT2D eigenvalue weighted by atomic mass is 19.4. The van der Waals surface area contributed by atoms with Crippen LogP contribution in [0.2, 0.25) is 0 Å². The molecule has 1 atom stereocenters. The van der Waals surface area contributed by atoms with Gasteiger partial charge in [0.2, 0.25) is 0 Å². The van der Waals surface area contributed by atoms with Gasteiger partial charge in [0.1, 0.15) is 6.29 Å². The van der Waals surface area contributed by atoms with Gasteiger partial charge in [-0.25, -0.2) is 0 Å². The van der Waals surface area contributed by atoms with Crippen molar-refractivity contribution in [2.24, 2.45) is 5.92 Å². The molecule has 1 aromatic carbocycles. The summed E-state index contributed by atoms with van der Waals surface area (Å²) in [6.07, 6.45) is -1.44. The van der Waals surface area contributed by atoms with Gasteiger partial charge in [-0.3, -0.25) is 0 Å². The third-order valence-corrected chi connectivity index (χ3v) is 2.64. The lowest BCUT2D eigenvalue weighted by Crippen LogP contribution is -2.05. The lowest BCUT2D eigenvalue weighted by atomic mass is 9.96. The number of alkyl halides is 3. The maximum Gasteiger partial charge on any atom is 0.416 e. The molecular formula is C15H21F3O. The smallest absolute Gasteiger partial charge is 0.303 e. The van der Waals surface area contributed by atoms with E-state index < -0.39 is 11.7 Å². The molecule has 0 saturated carbocycles. The molecule has 0 radical (unpaired) electrons. The second-order valence-electron chi connectivity index (χ2n) is 4.25. The third-order valence-electron chi connectivity index (χ3n) is 2.64. The fraction of sp³-hybridized carbons (Fsp3) is 0.533. The van der Waals surface area contributed by atoms with Crippen LogP contribution in [0.3, 0.4) is 0 Å². The van der Waals surface area contributed by atoms with Gasteiger partial charge in [-0.15, -0.1) is 0 Å². The minimum absolute atomic E-state index is 0.303. The molecule has 0 amide bonds. The lowest BCUT2D eigenvalue weighted by Gasteiger charge is -2.11. The molecule has 0 aliphatic rings. The van der Waals surface area contributed by atoms with Gasteiger partial charge in [-0.1, -0.05) is 32.9 Å². The highest BCUT2D eigenvalue weighted by Gasteiger charge is 2.29. The topological polar surface area (TPSA) is 17.1 Å². The van der Waals surface area contributed by atoms with Gasteiger partial charge in [0.25, 0.3) is 0 Å². The van der Waals surface area contributed by atoms with E-state index >= 15 is 0 Å². The van der Waals surface area contributed by atoms with Crippen LogP contribution < -0.4 is 0 Å². The zero-order valence-corrected chi connectivity index (χ0v) is 11.6. The van der Waals surface area contributed by atoms with Crippen molar-refractivity contribution in [3.05, 3.63) is 35.4 Å². The number of carbonyl (C=O) groups excluding carboxylic acids is 1. The average Bonchev–Trinajstić information content (AvgIpc) is 2.38. The summed E-state index contributed by atoms with van der Waals surface area (Å²) in [6, 6.07) is 5.20. The van der Waals surface area contributed by atoms with Crippen LogP contribution in [0, 0.1) is 5.92 Å². The highest BCUT2D eigenvalue weighted by molar-refractivity contribution is 5.49. The van der Waals surface area contributed by atoms with Crippen molar-refractivity contribution in [2.75, 3.05) is 0 Å². The number of hydrogen-bond donors (Lipinski definition) is 0. The lowest BCUT2D eigenvalue weighted by molar-refractivity contribution is -0.137. The van der Waals surface area contributed by atoms with Crippen LogP contribution in [0.1, 0.15) is 44.7 Å². The first kappa shape index (κ1) is 17.7. The zero-order chi connectivity index (χ0) is 14.9. The molecule has 0 N–H and O–H groups in total. The van der Waals surface area contributed by atoms with E-state index in [0.717, 1.165) is 30.4 Å². The Labute approximate surface area is 112 Å². The van der Waals surface area contributed by atoms with Crippen LogP contribution in [0.25, 0.3) is 0 Å². The molecule has 0 saturated heterocycles. The molecule has 108 valence electrons. The van der Waals surface area contributed by atoms with E-state index in [4.69, 9.17) is 0 Å². The molecule has 1 nitrogen and oxygen atoms in total. The van der Waals surface area contributed by atoms with Crippen molar-refractivity contribution in [1.29, 1.82) is 0 Å². The van der Waals surface area contributed by atoms with Crippen molar-refractivity contribution >= 4 is 6.29 Å². The van der Waals surface area contributed by atoms with E-state index in [0.29, 0.717) is 18.8 Å². The van der Waals surface area contributed by atoms with Gasteiger partial charge in [-0.05, 0) is 36.5 Å². The Balaban J connectivity index is 0.00000154. The van der Waals surface area contributed by atoms with Gasteiger partial charge >= 0.3 is 6.18 Å². The van der Waals surface area contributed by atoms with E-state index in [-0.39, 0.29) is 0 Å². The molecule has 1 rings (SSSR count). The minimum atomic E-state index is -4.28. The molecule has 19 heavy (non-hydrogen) atoms. The average molecular weight is 274 g/mol. The van der Waals surface area contributed by atoms with Crippen LogP contribution in [-0.2, 0) is 17.4 Å². The predicted molar refractivity (Wildman–Crippen MR) is 71.0 cm³/mol. The summed E-state index contributed by atoms with van der Waals surface area (Å²) < 4.78 is 36.9. The first-order valence-electron chi connectivity index (χ1n) is 6.53. The monoisotopic (exact) mass is 274 g/mol. The normalized spacial score (nSPS) is 12.3. The summed E-state index contributed by atoms with van der Waals surface area (Å²) in [5.74, 6) is 0.303. The van der Waals surface area contributed by atoms with Crippen LogP contribution in [0.5, 0.6) is 0 Å². The summed E-state index contributed by atoms with van der Waals surface area (Å²) in [6.45, 7) is 5.99.